The van der Waals surface area contributed by atoms with Crippen molar-refractivity contribution in [2.24, 2.45) is 0 Å². The minimum absolute atomic E-state index is 0.158. The Morgan fingerprint density at radius 3 is 2.56 bits per heavy atom. The number of hydrogen-bond donors (Lipinski definition) is 2. The summed E-state index contributed by atoms with van der Waals surface area (Å²) >= 11 is 6.36. The van der Waals surface area contributed by atoms with Crippen LogP contribution < -0.4 is 20.1 Å². The molecule has 0 aliphatic rings. The van der Waals surface area contributed by atoms with Crippen LogP contribution in [0.15, 0.2) is 36.4 Å². The largest absolute Gasteiger partial charge is 0.493 e. The van der Waals surface area contributed by atoms with Crippen molar-refractivity contribution in [2.45, 2.75) is 39.8 Å². The summed E-state index contributed by atoms with van der Waals surface area (Å²) in [6, 6.07) is 11.7. The van der Waals surface area contributed by atoms with Gasteiger partial charge in [-0.1, -0.05) is 36.2 Å². The van der Waals surface area contributed by atoms with E-state index in [1.807, 2.05) is 43.3 Å². The van der Waals surface area contributed by atoms with Crippen molar-refractivity contribution in [1.29, 1.82) is 0 Å². The summed E-state index contributed by atoms with van der Waals surface area (Å²) in [6.07, 6.45) is 1.04. The first kappa shape index (κ1) is 21.1. The third-order valence-electron chi connectivity index (χ3n) is 4.24. The molecule has 0 bridgehead atoms. The van der Waals surface area contributed by atoms with Gasteiger partial charge in [-0.15, -0.1) is 0 Å². The van der Waals surface area contributed by atoms with Crippen molar-refractivity contribution in [3.8, 4) is 11.5 Å². The zero-order chi connectivity index (χ0) is 19.8. The monoisotopic (exact) mass is 390 g/mol. The smallest absolute Gasteiger partial charge is 0.262 e. The van der Waals surface area contributed by atoms with Gasteiger partial charge in [0.1, 0.15) is 0 Å². The van der Waals surface area contributed by atoms with Crippen LogP contribution in [-0.2, 0) is 11.3 Å². The molecule has 0 spiro atoms. The van der Waals surface area contributed by atoms with E-state index in [9.17, 15) is 4.79 Å². The maximum absolute atomic E-state index is 12.1. The molecule has 5 nitrogen and oxygen atoms in total. The van der Waals surface area contributed by atoms with Crippen molar-refractivity contribution in [1.82, 2.24) is 5.32 Å². The number of hydrogen-bond acceptors (Lipinski definition) is 4. The Hall–Kier alpha value is -2.24. The number of amides is 1. The molecule has 0 fully saturated rings. The second-order valence-electron chi connectivity index (χ2n) is 6.50. The average molecular weight is 391 g/mol. The Labute approximate surface area is 166 Å². The quantitative estimate of drug-likeness (QED) is 0.658. The van der Waals surface area contributed by atoms with Gasteiger partial charge in [0.2, 0.25) is 0 Å². The number of ether oxygens (including phenoxy) is 2. The van der Waals surface area contributed by atoms with Crippen LogP contribution in [0.1, 0.15) is 31.4 Å². The second kappa shape index (κ2) is 10.2. The zero-order valence-electron chi connectivity index (χ0n) is 16.3. The number of carbonyl (C=O) groups excluding carboxylic acids is 1. The third kappa shape index (κ3) is 6.45. The molecular formula is C21H27ClN2O3. The maximum Gasteiger partial charge on any atom is 0.262 e. The number of halogens is 1. The van der Waals surface area contributed by atoms with Gasteiger partial charge in [-0.2, -0.15) is 0 Å². The Bertz CT molecular complexity index is 763. The predicted molar refractivity (Wildman–Crippen MR) is 110 cm³/mol. The van der Waals surface area contributed by atoms with Crippen LogP contribution in [0.25, 0.3) is 0 Å². The van der Waals surface area contributed by atoms with Crippen molar-refractivity contribution in [3.63, 3.8) is 0 Å². The van der Waals surface area contributed by atoms with Crippen LogP contribution >= 0.6 is 11.6 Å². The maximum atomic E-state index is 12.1. The molecule has 0 saturated carbocycles. The minimum Gasteiger partial charge on any atom is -0.493 e. The zero-order valence-corrected chi connectivity index (χ0v) is 17.0. The van der Waals surface area contributed by atoms with Crippen molar-refractivity contribution < 1.29 is 14.3 Å². The molecular weight excluding hydrogens is 364 g/mol. The number of benzene rings is 2. The van der Waals surface area contributed by atoms with Gasteiger partial charge in [-0.05, 0) is 50.1 Å². The lowest BCUT2D eigenvalue weighted by Gasteiger charge is -2.16. The van der Waals surface area contributed by atoms with E-state index in [1.54, 1.807) is 7.11 Å². The van der Waals surface area contributed by atoms with Crippen molar-refractivity contribution >= 4 is 23.2 Å². The highest BCUT2D eigenvalue weighted by atomic mass is 35.5. The molecule has 0 heterocycles. The van der Waals surface area contributed by atoms with E-state index in [4.69, 9.17) is 21.1 Å². The fourth-order valence-corrected chi connectivity index (χ4v) is 2.71. The number of methoxy groups -OCH3 is 1. The number of aryl methyl sites for hydroxylation is 1. The summed E-state index contributed by atoms with van der Waals surface area (Å²) < 4.78 is 11.0. The molecule has 2 aromatic carbocycles. The molecule has 1 atom stereocenters. The van der Waals surface area contributed by atoms with E-state index in [1.165, 1.54) is 0 Å². The molecule has 27 heavy (non-hydrogen) atoms. The van der Waals surface area contributed by atoms with E-state index >= 15 is 0 Å². The fourth-order valence-electron chi connectivity index (χ4n) is 2.42. The first-order valence-electron chi connectivity index (χ1n) is 9.02. The van der Waals surface area contributed by atoms with E-state index in [0.717, 1.165) is 23.2 Å². The lowest BCUT2D eigenvalue weighted by Crippen LogP contribution is -2.24. The summed E-state index contributed by atoms with van der Waals surface area (Å²) in [4.78, 5) is 12.1. The molecule has 0 aliphatic heterocycles. The van der Waals surface area contributed by atoms with Crippen molar-refractivity contribution in [2.75, 3.05) is 19.0 Å². The van der Waals surface area contributed by atoms with E-state index in [0.29, 0.717) is 29.1 Å². The first-order valence-corrected chi connectivity index (χ1v) is 9.39. The molecule has 146 valence electrons. The molecule has 0 aromatic heterocycles. The van der Waals surface area contributed by atoms with Gasteiger partial charge >= 0.3 is 0 Å². The van der Waals surface area contributed by atoms with E-state index in [2.05, 4.69) is 24.5 Å². The summed E-state index contributed by atoms with van der Waals surface area (Å²) in [7, 11) is 1.55. The topological polar surface area (TPSA) is 59.6 Å². The molecule has 2 rings (SSSR count). The number of anilines is 1. The fraction of sp³-hybridized carbons (Fsp3) is 0.381. The van der Waals surface area contributed by atoms with Crippen LogP contribution in [0.2, 0.25) is 5.02 Å². The Morgan fingerprint density at radius 1 is 1.22 bits per heavy atom. The standard InChI is InChI=1S/C21H27ClN2O3/c1-5-15(3)23-12-16-10-18(22)21(19(11-16)26-4)27-13-20(25)24-17-8-6-14(2)7-9-17/h6-11,15,23H,5,12-13H2,1-4H3,(H,24,25). The van der Waals surface area contributed by atoms with Gasteiger partial charge < -0.3 is 20.1 Å². The van der Waals surface area contributed by atoms with Crippen molar-refractivity contribution in [3.05, 3.63) is 52.5 Å². The van der Waals surface area contributed by atoms with E-state index in [-0.39, 0.29) is 12.5 Å². The van der Waals surface area contributed by atoms with Gasteiger partial charge in [0.05, 0.1) is 12.1 Å². The predicted octanol–water partition coefficient (Wildman–Crippen LogP) is 4.56. The molecule has 0 radical (unpaired) electrons. The molecule has 0 saturated heterocycles. The number of rotatable bonds is 9. The lowest BCUT2D eigenvalue weighted by atomic mass is 10.1. The van der Waals surface area contributed by atoms with Gasteiger partial charge in [-0.25, -0.2) is 0 Å². The molecule has 1 amide bonds. The van der Waals surface area contributed by atoms with Gasteiger partial charge in [0.15, 0.2) is 18.1 Å². The van der Waals surface area contributed by atoms with Crippen LogP contribution in [0, 0.1) is 6.92 Å². The van der Waals surface area contributed by atoms with Gasteiger partial charge in [-0.3, -0.25) is 4.79 Å². The summed E-state index contributed by atoms with van der Waals surface area (Å²) in [5, 5.41) is 6.61. The van der Waals surface area contributed by atoms with Gasteiger partial charge in [0, 0.05) is 18.3 Å². The number of carbonyl (C=O) groups is 1. The van der Waals surface area contributed by atoms with Crippen LogP contribution in [-0.4, -0.2) is 25.7 Å². The molecule has 2 N–H and O–H groups in total. The second-order valence-corrected chi connectivity index (χ2v) is 6.91. The Balaban J connectivity index is 2.00. The summed E-state index contributed by atoms with van der Waals surface area (Å²) in [5.41, 5.74) is 2.84. The molecule has 1 unspecified atom stereocenters. The summed E-state index contributed by atoms with van der Waals surface area (Å²) in [6.45, 7) is 6.77. The highest BCUT2D eigenvalue weighted by Crippen LogP contribution is 2.36. The molecule has 6 heteroatoms. The third-order valence-corrected chi connectivity index (χ3v) is 4.52. The SMILES string of the molecule is CCC(C)NCc1cc(Cl)c(OCC(=O)Nc2ccc(C)cc2)c(OC)c1. The lowest BCUT2D eigenvalue weighted by molar-refractivity contribution is -0.118. The number of nitrogens with one attached hydrogen (secondary N) is 2. The minimum atomic E-state index is -0.264. The molecule has 0 aliphatic carbocycles. The van der Waals surface area contributed by atoms with Crippen LogP contribution in [0.4, 0.5) is 5.69 Å². The Morgan fingerprint density at radius 2 is 1.93 bits per heavy atom. The Kier molecular flexibility index (Phi) is 7.95. The van der Waals surface area contributed by atoms with Crippen LogP contribution in [0.5, 0.6) is 11.5 Å². The van der Waals surface area contributed by atoms with E-state index < -0.39 is 0 Å². The summed E-state index contributed by atoms with van der Waals surface area (Å²) in [5.74, 6) is 0.608. The first-order chi connectivity index (χ1) is 12.9. The highest BCUT2D eigenvalue weighted by molar-refractivity contribution is 6.32. The van der Waals surface area contributed by atoms with Gasteiger partial charge in [0.25, 0.3) is 5.91 Å². The highest BCUT2D eigenvalue weighted by Gasteiger charge is 2.14. The molecule has 2 aromatic rings. The van der Waals surface area contributed by atoms with Crippen LogP contribution in [0.3, 0.4) is 0 Å². The normalized spacial score (nSPS) is 11.7. The average Bonchev–Trinajstić information content (AvgIpc) is 2.66.